The average Bonchev–Trinajstić information content (AvgIpc) is 2.79. The quantitative estimate of drug-likeness (QED) is 0.706. The Morgan fingerprint density at radius 3 is 2.60 bits per heavy atom. The summed E-state index contributed by atoms with van der Waals surface area (Å²) in [5.74, 6) is 0. The smallest absolute Gasteiger partial charge is 0.138 e. The maximum absolute atomic E-state index is 9.12. The van der Waals surface area contributed by atoms with E-state index in [0.29, 0.717) is 6.42 Å². The van der Waals surface area contributed by atoms with Crippen molar-refractivity contribution in [2.24, 2.45) is 0 Å². The van der Waals surface area contributed by atoms with Crippen LogP contribution < -0.4 is 0 Å². The summed E-state index contributed by atoms with van der Waals surface area (Å²) in [6.45, 7) is 4.12. The molecule has 0 aliphatic carbocycles. The molecule has 0 saturated heterocycles. The average molecular weight is 261 g/mol. The zero-order chi connectivity index (χ0) is 14.1. The summed E-state index contributed by atoms with van der Waals surface area (Å²) in [4.78, 5) is 4.74. The molecule has 2 aromatic heterocycles. The molecule has 2 heterocycles. The number of nitrogens with zero attached hydrogens (tertiary/aromatic N) is 3. The molecule has 0 fully saturated rings. The molecule has 0 aliphatic heterocycles. The van der Waals surface area contributed by atoms with Crippen LogP contribution in [0.15, 0.2) is 42.5 Å². The van der Waals surface area contributed by atoms with Gasteiger partial charge in [-0.05, 0) is 31.5 Å². The SMILES string of the molecule is Cc1cc(C)n2c(CC#N)c(-c3ccccc3)nc2c1. The molecule has 0 aliphatic rings. The Kier molecular flexibility index (Phi) is 3.00. The van der Waals surface area contributed by atoms with Crippen molar-refractivity contribution in [1.82, 2.24) is 9.38 Å². The van der Waals surface area contributed by atoms with Gasteiger partial charge in [0.15, 0.2) is 0 Å². The highest BCUT2D eigenvalue weighted by Gasteiger charge is 2.15. The van der Waals surface area contributed by atoms with Gasteiger partial charge in [0.05, 0.1) is 23.9 Å². The molecule has 0 saturated carbocycles. The Hall–Kier alpha value is -2.60. The van der Waals surface area contributed by atoms with E-state index >= 15 is 0 Å². The number of nitriles is 1. The Morgan fingerprint density at radius 2 is 1.90 bits per heavy atom. The van der Waals surface area contributed by atoms with E-state index in [1.807, 2.05) is 30.3 Å². The van der Waals surface area contributed by atoms with Gasteiger partial charge in [-0.15, -0.1) is 0 Å². The number of aromatic nitrogens is 2. The molecule has 0 amide bonds. The van der Waals surface area contributed by atoms with Crippen LogP contribution in [0, 0.1) is 25.2 Å². The molecule has 1 aromatic carbocycles. The lowest BCUT2D eigenvalue weighted by atomic mass is 10.1. The van der Waals surface area contributed by atoms with Crippen molar-refractivity contribution in [1.29, 1.82) is 5.26 Å². The number of hydrogen-bond acceptors (Lipinski definition) is 2. The molecule has 3 rings (SSSR count). The van der Waals surface area contributed by atoms with Crippen LogP contribution in [0.1, 0.15) is 17.0 Å². The molecule has 0 atom stereocenters. The largest absolute Gasteiger partial charge is 0.300 e. The highest BCUT2D eigenvalue weighted by atomic mass is 15.0. The van der Waals surface area contributed by atoms with Crippen molar-refractivity contribution in [3.63, 3.8) is 0 Å². The topological polar surface area (TPSA) is 41.1 Å². The lowest BCUT2D eigenvalue weighted by molar-refractivity contribution is 0.999. The first-order valence-corrected chi connectivity index (χ1v) is 6.61. The van der Waals surface area contributed by atoms with Crippen molar-refractivity contribution >= 4 is 5.65 Å². The fourth-order valence-corrected chi connectivity index (χ4v) is 2.67. The molecular weight excluding hydrogens is 246 g/mol. The number of imidazole rings is 1. The van der Waals surface area contributed by atoms with E-state index in [2.05, 4.69) is 36.5 Å². The zero-order valence-corrected chi connectivity index (χ0v) is 11.6. The second-order valence-electron chi connectivity index (χ2n) is 4.98. The molecule has 3 aromatic rings. The summed E-state index contributed by atoms with van der Waals surface area (Å²) in [5.41, 5.74) is 6.13. The van der Waals surface area contributed by atoms with Crippen molar-refractivity contribution in [2.75, 3.05) is 0 Å². The molecule has 0 bridgehead atoms. The molecule has 0 unspecified atom stereocenters. The predicted octanol–water partition coefficient (Wildman–Crippen LogP) is 3.68. The standard InChI is InChI=1S/C17H15N3/c1-12-10-13(2)20-15(8-9-18)17(19-16(20)11-12)14-6-4-3-5-7-14/h3-7,10-11H,8H2,1-2H3. The van der Waals surface area contributed by atoms with Crippen LogP contribution >= 0.6 is 0 Å². The van der Waals surface area contributed by atoms with Gasteiger partial charge in [0.2, 0.25) is 0 Å². The summed E-state index contributed by atoms with van der Waals surface area (Å²) in [6.07, 6.45) is 0.356. The third-order valence-corrected chi connectivity index (χ3v) is 3.44. The number of fused-ring (bicyclic) bond motifs is 1. The van der Waals surface area contributed by atoms with Gasteiger partial charge in [0, 0.05) is 11.3 Å². The van der Waals surface area contributed by atoms with Gasteiger partial charge in [-0.3, -0.25) is 4.40 Å². The van der Waals surface area contributed by atoms with Gasteiger partial charge in [-0.2, -0.15) is 5.26 Å². The first-order valence-electron chi connectivity index (χ1n) is 6.61. The van der Waals surface area contributed by atoms with Gasteiger partial charge in [0.25, 0.3) is 0 Å². The first kappa shape index (κ1) is 12.4. The number of hydrogen-bond donors (Lipinski definition) is 0. The van der Waals surface area contributed by atoms with E-state index in [4.69, 9.17) is 10.2 Å². The Bertz CT molecular complexity index is 808. The maximum Gasteiger partial charge on any atom is 0.138 e. The minimum atomic E-state index is 0.356. The van der Waals surface area contributed by atoms with E-state index in [1.54, 1.807) is 0 Å². The van der Waals surface area contributed by atoms with Crippen molar-refractivity contribution in [2.45, 2.75) is 20.3 Å². The first-order chi connectivity index (χ1) is 9.70. The van der Waals surface area contributed by atoms with Crippen LogP contribution in [-0.2, 0) is 6.42 Å². The van der Waals surface area contributed by atoms with Gasteiger partial charge >= 0.3 is 0 Å². The van der Waals surface area contributed by atoms with Gasteiger partial charge < -0.3 is 0 Å². The Morgan fingerprint density at radius 1 is 1.15 bits per heavy atom. The Balaban J connectivity index is 2.35. The van der Waals surface area contributed by atoms with Crippen LogP contribution in [-0.4, -0.2) is 9.38 Å². The van der Waals surface area contributed by atoms with Crippen LogP contribution in [0.3, 0.4) is 0 Å². The third kappa shape index (κ3) is 1.96. The lowest BCUT2D eigenvalue weighted by Gasteiger charge is -2.05. The molecule has 0 spiro atoms. The molecule has 98 valence electrons. The molecule has 0 radical (unpaired) electrons. The summed E-state index contributed by atoms with van der Waals surface area (Å²) in [6, 6.07) is 16.5. The fourth-order valence-electron chi connectivity index (χ4n) is 2.67. The minimum absolute atomic E-state index is 0.356. The molecule has 20 heavy (non-hydrogen) atoms. The zero-order valence-electron chi connectivity index (χ0n) is 11.6. The van der Waals surface area contributed by atoms with E-state index in [0.717, 1.165) is 28.3 Å². The summed E-state index contributed by atoms with van der Waals surface area (Å²) < 4.78 is 2.08. The molecule has 3 nitrogen and oxygen atoms in total. The normalized spacial score (nSPS) is 10.7. The number of benzene rings is 1. The summed E-state index contributed by atoms with van der Waals surface area (Å²) >= 11 is 0. The van der Waals surface area contributed by atoms with Gasteiger partial charge in [-0.25, -0.2) is 4.98 Å². The van der Waals surface area contributed by atoms with E-state index in [1.165, 1.54) is 5.56 Å². The van der Waals surface area contributed by atoms with Gasteiger partial charge in [0.1, 0.15) is 5.65 Å². The summed E-state index contributed by atoms with van der Waals surface area (Å²) in [5, 5.41) is 9.12. The van der Waals surface area contributed by atoms with Crippen LogP contribution in [0.25, 0.3) is 16.9 Å². The number of rotatable bonds is 2. The van der Waals surface area contributed by atoms with Crippen LogP contribution in [0.4, 0.5) is 0 Å². The fraction of sp³-hybridized carbons (Fsp3) is 0.176. The van der Waals surface area contributed by atoms with E-state index in [-0.39, 0.29) is 0 Å². The van der Waals surface area contributed by atoms with Crippen LogP contribution in [0.5, 0.6) is 0 Å². The summed E-state index contributed by atoms with van der Waals surface area (Å²) in [7, 11) is 0. The highest BCUT2D eigenvalue weighted by molar-refractivity contribution is 5.67. The highest BCUT2D eigenvalue weighted by Crippen LogP contribution is 2.26. The van der Waals surface area contributed by atoms with E-state index in [9.17, 15) is 0 Å². The van der Waals surface area contributed by atoms with E-state index < -0.39 is 0 Å². The molecule has 0 N–H and O–H groups in total. The third-order valence-electron chi connectivity index (χ3n) is 3.44. The second kappa shape index (κ2) is 4.82. The minimum Gasteiger partial charge on any atom is -0.300 e. The van der Waals surface area contributed by atoms with Gasteiger partial charge in [-0.1, -0.05) is 30.3 Å². The monoisotopic (exact) mass is 261 g/mol. The van der Waals surface area contributed by atoms with Crippen molar-refractivity contribution in [3.05, 3.63) is 59.4 Å². The van der Waals surface area contributed by atoms with Crippen LogP contribution in [0.2, 0.25) is 0 Å². The second-order valence-corrected chi connectivity index (χ2v) is 4.98. The van der Waals surface area contributed by atoms with Crippen molar-refractivity contribution < 1.29 is 0 Å². The lowest BCUT2D eigenvalue weighted by Crippen LogP contribution is -1.98. The van der Waals surface area contributed by atoms with Crippen molar-refractivity contribution in [3.8, 4) is 17.3 Å². The maximum atomic E-state index is 9.12. The predicted molar refractivity (Wildman–Crippen MR) is 79.4 cm³/mol. The number of pyridine rings is 1. The Labute approximate surface area is 118 Å². The number of aryl methyl sites for hydroxylation is 2. The molecular formula is C17H15N3. The molecule has 3 heteroatoms.